The van der Waals surface area contributed by atoms with Gasteiger partial charge < -0.3 is 14.5 Å². The molecule has 0 atom stereocenters. The number of benzene rings is 1. The predicted molar refractivity (Wildman–Crippen MR) is 77.6 cm³/mol. The first-order chi connectivity index (χ1) is 8.69. The van der Waals surface area contributed by atoms with E-state index in [-0.39, 0.29) is 0 Å². The van der Waals surface area contributed by atoms with E-state index in [1.165, 1.54) is 0 Å². The summed E-state index contributed by atoms with van der Waals surface area (Å²) < 4.78 is 13.0. The third kappa shape index (κ3) is 3.60. The van der Waals surface area contributed by atoms with Gasteiger partial charge in [0.05, 0.1) is 10.7 Å². The second-order valence-electron chi connectivity index (χ2n) is 3.82. The van der Waals surface area contributed by atoms with Crippen LogP contribution < -0.4 is 10.1 Å². The van der Waals surface area contributed by atoms with Gasteiger partial charge >= 0.3 is 0 Å². The van der Waals surface area contributed by atoms with Gasteiger partial charge in [-0.1, -0.05) is 15.9 Å². The van der Waals surface area contributed by atoms with Crippen LogP contribution in [0.1, 0.15) is 11.3 Å². The minimum absolute atomic E-state index is 0.421. The van der Waals surface area contributed by atoms with E-state index in [0.717, 1.165) is 32.6 Å². The Hall–Kier alpha value is -0.780. The van der Waals surface area contributed by atoms with Gasteiger partial charge in [0, 0.05) is 16.6 Å². The highest BCUT2D eigenvalue weighted by Gasteiger charge is 2.05. The molecule has 96 valence electrons. The zero-order chi connectivity index (χ0) is 13.0. The smallest absolute Gasteiger partial charge is 0.146 e. The maximum absolute atomic E-state index is 5.69. The molecule has 0 saturated heterocycles. The fraction of sp³-hybridized carbons (Fsp3) is 0.231. The molecular weight excluding hydrogens is 362 g/mol. The molecule has 0 saturated carbocycles. The van der Waals surface area contributed by atoms with Crippen LogP contribution in [0.3, 0.4) is 0 Å². The quantitative estimate of drug-likeness (QED) is 0.855. The van der Waals surface area contributed by atoms with Gasteiger partial charge in [-0.25, -0.2) is 0 Å². The molecule has 1 aromatic heterocycles. The Kier molecular flexibility index (Phi) is 4.86. The van der Waals surface area contributed by atoms with Crippen LogP contribution in [-0.2, 0) is 13.2 Å². The molecule has 0 radical (unpaired) electrons. The van der Waals surface area contributed by atoms with Crippen molar-refractivity contribution in [3.8, 4) is 5.75 Å². The molecule has 5 heteroatoms. The summed E-state index contributed by atoms with van der Waals surface area (Å²) in [6.07, 6.45) is 1.74. The van der Waals surface area contributed by atoms with Crippen molar-refractivity contribution in [1.29, 1.82) is 0 Å². The van der Waals surface area contributed by atoms with Crippen molar-refractivity contribution in [3.05, 3.63) is 50.8 Å². The molecule has 0 aliphatic carbocycles. The zero-order valence-corrected chi connectivity index (χ0v) is 13.0. The van der Waals surface area contributed by atoms with Crippen LogP contribution in [0.4, 0.5) is 0 Å². The fourth-order valence-electron chi connectivity index (χ4n) is 1.54. The molecule has 2 aromatic rings. The minimum Gasteiger partial charge on any atom is -0.484 e. The van der Waals surface area contributed by atoms with E-state index >= 15 is 0 Å². The highest BCUT2D eigenvalue weighted by molar-refractivity contribution is 9.11. The van der Waals surface area contributed by atoms with Crippen LogP contribution in [-0.4, -0.2) is 7.05 Å². The summed E-state index contributed by atoms with van der Waals surface area (Å²) >= 11 is 6.86. The predicted octanol–water partition coefficient (Wildman–Crippen LogP) is 4.10. The Labute approximate surface area is 123 Å². The first kappa shape index (κ1) is 13.6. The molecule has 1 N–H and O–H groups in total. The van der Waals surface area contributed by atoms with Gasteiger partial charge in [-0.05, 0) is 47.2 Å². The average Bonchev–Trinajstić information content (AvgIpc) is 2.76. The topological polar surface area (TPSA) is 34.4 Å². The second-order valence-corrected chi connectivity index (χ2v) is 5.59. The summed E-state index contributed by atoms with van der Waals surface area (Å²) in [5, 5.41) is 3.07. The summed E-state index contributed by atoms with van der Waals surface area (Å²) in [4.78, 5) is 0. The first-order valence-corrected chi connectivity index (χ1v) is 7.06. The summed E-state index contributed by atoms with van der Waals surface area (Å²) in [7, 11) is 1.90. The zero-order valence-electron chi connectivity index (χ0n) is 9.87. The molecule has 0 aliphatic heterocycles. The van der Waals surface area contributed by atoms with Crippen LogP contribution in [0, 0.1) is 0 Å². The molecule has 0 aliphatic rings. The van der Waals surface area contributed by atoms with Gasteiger partial charge in [-0.3, -0.25) is 0 Å². The molecule has 0 spiro atoms. The van der Waals surface area contributed by atoms with Crippen molar-refractivity contribution >= 4 is 31.9 Å². The fourth-order valence-corrected chi connectivity index (χ4v) is 2.70. The number of halogens is 2. The second kappa shape index (κ2) is 6.41. The number of rotatable bonds is 5. The lowest BCUT2D eigenvalue weighted by molar-refractivity contribution is 0.268. The first-order valence-electron chi connectivity index (χ1n) is 5.48. The van der Waals surface area contributed by atoms with Crippen LogP contribution in [0.15, 0.2) is 43.9 Å². The molecule has 0 unspecified atom stereocenters. The lowest BCUT2D eigenvalue weighted by Crippen LogP contribution is -2.03. The Morgan fingerprint density at radius 3 is 2.83 bits per heavy atom. The van der Waals surface area contributed by atoms with Crippen LogP contribution in [0.25, 0.3) is 0 Å². The molecule has 2 rings (SSSR count). The molecule has 1 aromatic carbocycles. The number of hydrogen-bond acceptors (Lipinski definition) is 3. The highest BCUT2D eigenvalue weighted by atomic mass is 79.9. The maximum Gasteiger partial charge on any atom is 0.146 e. The SMILES string of the molecule is CNCc1coc(COc2ccc(Br)cc2Br)c1. The van der Waals surface area contributed by atoms with E-state index in [1.54, 1.807) is 6.26 Å². The van der Waals surface area contributed by atoms with E-state index in [4.69, 9.17) is 9.15 Å². The van der Waals surface area contributed by atoms with Crippen molar-refractivity contribution in [3.63, 3.8) is 0 Å². The van der Waals surface area contributed by atoms with E-state index in [1.807, 2.05) is 31.3 Å². The van der Waals surface area contributed by atoms with E-state index in [2.05, 4.69) is 37.2 Å². The molecule has 0 bridgehead atoms. The Morgan fingerprint density at radius 1 is 1.28 bits per heavy atom. The van der Waals surface area contributed by atoms with E-state index in [9.17, 15) is 0 Å². The molecular formula is C13H13Br2NO2. The Bertz CT molecular complexity index is 525. The van der Waals surface area contributed by atoms with Gasteiger partial charge in [-0.2, -0.15) is 0 Å². The minimum atomic E-state index is 0.421. The van der Waals surface area contributed by atoms with Crippen LogP contribution in [0.5, 0.6) is 5.75 Å². The van der Waals surface area contributed by atoms with Crippen molar-refractivity contribution in [2.45, 2.75) is 13.2 Å². The van der Waals surface area contributed by atoms with Crippen molar-refractivity contribution < 1.29 is 9.15 Å². The summed E-state index contributed by atoms with van der Waals surface area (Å²) in [6.45, 7) is 1.22. The third-order valence-electron chi connectivity index (χ3n) is 2.35. The van der Waals surface area contributed by atoms with Crippen molar-refractivity contribution in [2.75, 3.05) is 7.05 Å². The highest BCUT2D eigenvalue weighted by Crippen LogP contribution is 2.28. The molecule has 0 amide bonds. The van der Waals surface area contributed by atoms with Gasteiger partial charge in [-0.15, -0.1) is 0 Å². The lowest BCUT2D eigenvalue weighted by atomic mass is 10.3. The van der Waals surface area contributed by atoms with Gasteiger partial charge in [0.1, 0.15) is 18.1 Å². The van der Waals surface area contributed by atoms with Gasteiger partial charge in [0.15, 0.2) is 0 Å². The molecule has 18 heavy (non-hydrogen) atoms. The summed E-state index contributed by atoms with van der Waals surface area (Å²) in [5.41, 5.74) is 1.12. The largest absolute Gasteiger partial charge is 0.484 e. The molecule has 1 heterocycles. The van der Waals surface area contributed by atoms with Crippen LogP contribution >= 0.6 is 31.9 Å². The number of nitrogens with one attached hydrogen (secondary N) is 1. The third-order valence-corrected chi connectivity index (χ3v) is 3.47. The van der Waals surface area contributed by atoms with Crippen LogP contribution in [0.2, 0.25) is 0 Å². The standard InChI is InChI=1S/C13H13Br2NO2/c1-16-6-9-4-11(17-7-9)8-18-13-3-2-10(14)5-12(13)15/h2-5,7,16H,6,8H2,1H3. The average molecular weight is 375 g/mol. The van der Waals surface area contributed by atoms with Gasteiger partial charge in [0.2, 0.25) is 0 Å². The summed E-state index contributed by atoms with van der Waals surface area (Å²) in [6, 6.07) is 7.79. The number of ether oxygens (including phenoxy) is 1. The number of hydrogen-bond donors (Lipinski definition) is 1. The lowest BCUT2D eigenvalue weighted by Gasteiger charge is -2.06. The Morgan fingerprint density at radius 2 is 2.11 bits per heavy atom. The van der Waals surface area contributed by atoms with Crippen molar-refractivity contribution in [2.24, 2.45) is 0 Å². The van der Waals surface area contributed by atoms with E-state index in [0.29, 0.717) is 6.61 Å². The molecule has 0 fully saturated rings. The monoisotopic (exact) mass is 373 g/mol. The normalized spacial score (nSPS) is 10.6. The summed E-state index contributed by atoms with van der Waals surface area (Å²) in [5.74, 6) is 1.61. The van der Waals surface area contributed by atoms with E-state index < -0.39 is 0 Å². The maximum atomic E-state index is 5.69. The van der Waals surface area contributed by atoms with Gasteiger partial charge in [0.25, 0.3) is 0 Å². The number of furan rings is 1. The van der Waals surface area contributed by atoms with Crippen molar-refractivity contribution in [1.82, 2.24) is 5.32 Å². The molecule has 3 nitrogen and oxygen atoms in total. The Balaban J connectivity index is 1.97.